The van der Waals surface area contributed by atoms with Crippen LogP contribution in [0.15, 0.2) is 24.3 Å². The van der Waals surface area contributed by atoms with E-state index in [2.05, 4.69) is 10.2 Å². The number of H-pyrrole nitrogens is 1. The van der Waals surface area contributed by atoms with Crippen LogP contribution < -0.4 is 0 Å². The molecule has 18 heavy (non-hydrogen) atoms. The number of nitrogens with zero attached hydrogens (tertiary/aromatic N) is 1. The maximum atomic E-state index is 12.9. The van der Waals surface area contributed by atoms with Gasteiger partial charge in [0.15, 0.2) is 0 Å². The summed E-state index contributed by atoms with van der Waals surface area (Å²) in [6.45, 7) is 2.04. The van der Waals surface area contributed by atoms with Crippen LogP contribution in [0.1, 0.15) is 12.6 Å². The van der Waals surface area contributed by atoms with E-state index in [0.717, 1.165) is 23.4 Å². The molecule has 6 heteroatoms. The lowest BCUT2D eigenvalue weighted by molar-refractivity contribution is -0.191. The van der Waals surface area contributed by atoms with E-state index in [0.29, 0.717) is 0 Å². The second-order valence-corrected chi connectivity index (χ2v) is 3.75. The fourth-order valence-electron chi connectivity index (χ4n) is 1.35. The summed E-state index contributed by atoms with van der Waals surface area (Å²) in [4.78, 5) is 16.2. The van der Waals surface area contributed by atoms with Crippen molar-refractivity contribution < 1.29 is 14.0 Å². The Balaban J connectivity index is 0.000000492. The minimum atomic E-state index is -0.410. The Kier molecular flexibility index (Phi) is 5.24. The predicted octanol–water partition coefficient (Wildman–Crippen LogP) is 2.85. The highest BCUT2D eigenvalue weighted by Crippen LogP contribution is 2.23. The number of hydrogen-bond donors (Lipinski definition) is 1. The fourth-order valence-corrected chi connectivity index (χ4v) is 1.53. The van der Waals surface area contributed by atoms with Gasteiger partial charge < -0.3 is 0 Å². The van der Waals surface area contributed by atoms with Gasteiger partial charge in [0.1, 0.15) is 5.82 Å². The van der Waals surface area contributed by atoms with Crippen molar-refractivity contribution in [3.05, 3.63) is 40.8 Å². The van der Waals surface area contributed by atoms with Crippen molar-refractivity contribution >= 4 is 17.8 Å². The number of nitrogens with one attached hydrogen (secondary N) is 1. The number of carbonyl (C=O) groups excluding carboxylic acids is 2. The highest BCUT2D eigenvalue weighted by molar-refractivity contribution is 6.31. The van der Waals surface area contributed by atoms with E-state index in [9.17, 15) is 4.39 Å². The second-order valence-electron chi connectivity index (χ2n) is 3.34. The predicted molar refractivity (Wildman–Crippen MR) is 63.4 cm³/mol. The van der Waals surface area contributed by atoms with Gasteiger partial charge in [-0.2, -0.15) is 14.7 Å². The molecule has 0 aliphatic rings. The maximum absolute atomic E-state index is 12.9. The van der Waals surface area contributed by atoms with Crippen LogP contribution >= 0.6 is 11.6 Å². The Labute approximate surface area is 108 Å². The Morgan fingerprint density at radius 3 is 2.56 bits per heavy atom. The van der Waals surface area contributed by atoms with Crippen molar-refractivity contribution in [2.45, 2.75) is 13.3 Å². The average Bonchev–Trinajstić information content (AvgIpc) is 2.82. The van der Waals surface area contributed by atoms with Crippen molar-refractivity contribution in [2.24, 2.45) is 0 Å². The normalized spacial score (nSPS) is 9.28. The summed E-state index contributed by atoms with van der Waals surface area (Å²) in [5.74, 6) is -0.410. The number of aryl methyl sites for hydroxylation is 1. The van der Waals surface area contributed by atoms with Gasteiger partial charge in [-0.25, -0.2) is 4.39 Å². The number of aromatic amines is 1. The first-order valence-corrected chi connectivity index (χ1v) is 5.49. The van der Waals surface area contributed by atoms with Crippen LogP contribution in [0.5, 0.6) is 0 Å². The largest absolute Gasteiger partial charge is 0.373 e. The van der Waals surface area contributed by atoms with E-state index in [1.807, 2.05) is 13.0 Å². The molecule has 1 aromatic heterocycles. The Hall–Kier alpha value is -1.97. The zero-order valence-corrected chi connectivity index (χ0v) is 10.3. The van der Waals surface area contributed by atoms with E-state index >= 15 is 0 Å². The summed E-state index contributed by atoms with van der Waals surface area (Å²) in [6.07, 6.45) is 1.14. The van der Waals surface area contributed by atoms with Crippen LogP contribution in [-0.2, 0) is 16.0 Å². The number of aromatic nitrogens is 2. The third kappa shape index (κ3) is 3.52. The van der Waals surface area contributed by atoms with Crippen LogP contribution in [0.4, 0.5) is 4.39 Å². The van der Waals surface area contributed by atoms with E-state index in [-0.39, 0.29) is 11.2 Å². The summed E-state index contributed by atoms with van der Waals surface area (Å²) < 4.78 is 12.9. The molecule has 1 N–H and O–H groups in total. The summed E-state index contributed by atoms with van der Waals surface area (Å²) in [5.41, 5.74) is 2.65. The van der Waals surface area contributed by atoms with Gasteiger partial charge in [-0.3, -0.25) is 5.10 Å². The molecule has 4 nitrogen and oxygen atoms in total. The van der Waals surface area contributed by atoms with Gasteiger partial charge in [0, 0.05) is 11.3 Å². The number of rotatable bonds is 2. The second kappa shape index (κ2) is 6.69. The molecule has 0 radical (unpaired) electrons. The average molecular weight is 269 g/mol. The van der Waals surface area contributed by atoms with Gasteiger partial charge in [-0.05, 0) is 30.7 Å². The van der Waals surface area contributed by atoms with Crippen molar-refractivity contribution in [3.63, 3.8) is 0 Å². The highest BCUT2D eigenvalue weighted by Gasteiger charge is 2.06. The Morgan fingerprint density at radius 2 is 2.06 bits per heavy atom. The first-order chi connectivity index (χ1) is 8.62. The standard InChI is InChI=1S/C11H10ClFN2.CO2/c1-2-8-6-11(15-14-8)7-3-4-10(13)9(12)5-7;2-1-3/h3-6H,2H2,1H3,(H,14,15);. The smallest absolute Gasteiger partial charge is 0.282 e. The molecule has 1 aromatic carbocycles. The minimum Gasteiger partial charge on any atom is -0.282 e. The molecule has 0 atom stereocenters. The van der Waals surface area contributed by atoms with Gasteiger partial charge in [-0.1, -0.05) is 18.5 Å². The van der Waals surface area contributed by atoms with Crippen LogP contribution in [0.3, 0.4) is 0 Å². The molecule has 0 aliphatic carbocycles. The molecule has 0 saturated carbocycles. The van der Waals surface area contributed by atoms with E-state index < -0.39 is 5.82 Å². The molecule has 94 valence electrons. The highest BCUT2D eigenvalue weighted by atomic mass is 35.5. The first-order valence-electron chi connectivity index (χ1n) is 5.11. The summed E-state index contributed by atoms with van der Waals surface area (Å²) in [6, 6.07) is 6.52. The van der Waals surface area contributed by atoms with Gasteiger partial charge in [0.25, 0.3) is 0 Å². The quantitative estimate of drug-likeness (QED) is 0.911. The number of halogens is 2. The summed E-state index contributed by atoms with van der Waals surface area (Å²) in [7, 11) is 0. The number of benzene rings is 1. The van der Waals surface area contributed by atoms with Gasteiger partial charge in [0.05, 0.1) is 10.7 Å². The number of hydrogen-bond acceptors (Lipinski definition) is 3. The molecule has 0 saturated heterocycles. The lowest BCUT2D eigenvalue weighted by Gasteiger charge is -1.97. The van der Waals surface area contributed by atoms with Crippen LogP contribution in [0.2, 0.25) is 5.02 Å². The molecule has 0 spiro atoms. The minimum absolute atomic E-state index is 0.119. The van der Waals surface area contributed by atoms with Gasteiger partial charge in [-0.15, -0.1) is 0 Å². The van der Waals surface area contributed by atoms with E-state index in [4.69, 9.17) is 21.2 Å². The Morgan fingerprint density at radius 1 is 1.39 bits per heavy atom. The molecule has 2 rings (SSSR count). The molecule has 0 aliphatic heterocycles. The third-order valence-corrected chi connectivity index (χ3v) is 2.52. The third-order valence-electron chi connectivity index (χ3n) is 2.23. The molecular weight excluding hydrogens is 259 g/mol. The van der Waals surface area contributed by atoms with Crippen LogP contribution in [0, 0.1) is 5.82 Å². The fraction of sp³-hybridized carbons (Fsp3) is 0.167. The van der Waals surface area contributed by atoms with Crippen molar-refractivity contribution in [3.8, 4) is 11.3 Å². The summed E-state index contributed by atoms with van der Waals surface area (Å²) >= 11 is 5.69. The van der Waals surface area contributed by atoms with E-state index in [1.165, 1.54) is 6.07 Å². The maximum Gasteiger partial charge on any atom is 0.373 e. The SMILES string of the molecule is CCc1cc(-c2ccc(F)c(Cl)c2)n[nH]1.O=C=O. The lowest BCUT2D eigenvalue weighted by Crippen LogP contribution is -1.81. The zero-order valence-electron chi connectivity index (χ0n) is 9.54. The van der Waals surface area contributed by atoms with Crippen LogP contribution in [-0.4, -0.2) is 16.3 Å². The zero-order chi connectivity index (χ0) is 13.5. The van der Waals surface area contributed by atoms with Crippen molar-refractivity contribution in [1.29, 1.82) is 0 Å². The molecule has 1 heterocycles. The van der Waals surface area contributed by atoms with Crippen molar-refractivity contribution in [2.75, 3.05) is 0 Å². The topological polar surface area (TPSA) is 62.8 Å². The van der Waals surface area contributed by atoms with Crippen LogP contribution in [0.25, 0.3) is 11.3 Å². The Bertz CT molecular complexity index is 563. The molecule has 2 aromatic rings. The summed E-state index contributed by atoms with van der Waals surface area (Å²) in [5, 5.41) is 7.14. The first kappa shape index (κ1) is 14.1. The van der Waals surface area contributed by atoms with Gasteiger partial charge >= 0.3 is 6.15 Å². The van der Waals surface area contributed by atoms with Gasteiger partial charge in [0.2, 0.25) is 0 Å². The van der Waals surface area contributed by atoms with Crippen molar-refractivity contribution in [1.82, 2.24) is 10.2 Å². The molecule has 0 amide bonds. The molecule has 0 unspecified atom stereocenters. The molecule has 0 bridgehead atoms. The van der Waals surface area contributed by atoms with E-state index in [1.54, 1.807) is 12.1 Å². The molecule has 0 fully saturated rings. The molecular formula is C12H10ClFN2O2. The lowest BCUT2D eigenvalue weighted by atomic mass is 10.1. The monoisotopic (exact) mass is 268 g/mol.